The number of aromatic nitrogens is 2. The van der Waals surface area contributed by atoms with Gasteiger partial charge in [-0.2, -0.15) is 4.98 Å². The number of nitrogens with one attached hydrogen (secondary N) is 1. The van der Waals surface area contributed by atoms with Gasteiger partial charge in [0.05, 0.1) is 0 Å². The first-order valence-electron chi connectivity index (χ1n) is 8.29. The highest BCUT2D eigenvalue weighted by atomic mass is 19.1. The summed E-state index contributed by atoms with van der Waals surface area (Å²) < 4.78 is 31.7. The van der Waals surface area contributed by atoms with Crippen LogP contribution in [0.15, 0.2) is 47.0 Å². The average Bonchev–Trinajstić information content (AvgIpc) is 3.12. The Morgan fingerprint density at radius 3 is 2.63 bits per heavy atom. The second-order valence-corrected chi connectivity index (χ2v) is 6.09. The van der Waals surface area contributed by atoms with Crippen LogP contribution in [0.2, 0.25) is 0 Å². The Morgan fingerprint density at radius 2 is 1.93 bits per heavy atom. The molecule has 0 aliphatic rings. The fourth-order valence-corrected chi connectivity index (χ4v) is 2.32. The van der Waals surface area contributed by atoms with E-state index in [9.17, 15) is 13.6 Å². The van der Waals surface area contributed by atoms with Crippen molar-refractivity contribution in [3.8, 4) is 11.5 Å². The number of hydrogen-bond acceptors (Lipinski definition) is 4. The number of carbonyl (C=O) groups is 1. The molecule has 0 spiro atoms. The minimum absolute atomic E-state index is 0.284. The van der Waals surface area contributed by atoms with Crippen LogP contribution in [0.4, 0.5) is 19.3 Å². The third-order valence-electron chi connectivity index (χ3n) is 4.00. The number of anilines is 1. The Balaban J connectivity index is 1.55. The lowest BCUT2D eigenvalue weighted by Gasteiger charge is -2.17. The fourth-order valence-electron chi connectivity index (χ4n) is 2.32. The van der Waals surface area contributed by atoms with Crippen LogP contribution in [0.1, 0.15) is 11.4 Å². The molecule has 0 saturated carbocycles. The van der Waals surface area contributed by atoms with E-state index in [1.165, 1.54) is 23.1 Å². The van der Waals surface area contributed by atoms with Crippen molar-refractivity contribution in [2.45, 2.75) is 13.3 Å². The molecule has 8 heteroatoms. The molecule has 1 heterocycles. The summed E-state index contributed by atoms with van der Waals surface area (Å²) in [5.74, 6) is -0.0160. The lowest BCUT2D eigenvalue weighted by atomic mass is 10.2. The Hall–Kier alpha value is -3.29. The fraction of sp³-hybridized carbons (Fsp3) is 0.211. The van der Waals surface area contributed by atoms with E-state index < -0.39 is 0 Å². The average molecular weight is 372 g/mol. The van der Waals surface area contributed by atoms with Crippen molar-refractivity contribution >= 4 is 11.7 Å². The second-order valence-electron chi connectivity index (χ2n) is 6.09. The van der Waals surface area contributed by atoms with Crippen LogP contribution in [0, 0.1) is 18.6 Å². The third-order valence-corrected chi connectivity index (χ3v) is 4.00. The summed E-state index contributed by atoms with van der Waals surface area (Å²) in [5.41, 5.74) is 1.51. The molecule has 0 unspecified atom stereocenters. The van der Waals surface area contributed by atoms with Crippen molar-refractivity contribution in [3.05, 3.63) is 65.5 Å². The van der Waals surface area contributed by atoms with Crippen molar-refractivity contribution in [1.29, 1.82) is 0 Å². The van der Waals surface area contributed by atoms with Crippen LogP contribution in [0.3, 0.4) is 0 Å². The monoisotopic (exact) mass is 372 g/mol. The Labute approximate surface area is 154 Å². The van der Waals surface area contributed by atoms with Gasteiger partial charge in [0.1, 0.15) is 11.6 Å². The van der Waals surface area contributed by atoms with Gasteiger partial charge in [0.25, 0.3) is 5.89 Å². The zero-order valence-electron chi connectivity index (χ0n) is 14.9. The van der Waals surface area contributed by atoms with Gasteiger partial charge >= 0.3 is 6.03 Å². The number of benzene rings is 2. The summed E-state index contributed by atoms with van der Waals surface area (Å²) in [7, 11) is 1.61. The number of carbonyl (C=O) groups excluding carboxylic acids is 1. The first kappa shape index (κ1) is 18.5. The van der Waals surface area contributed by atoms with Crippen molar-refractivity contribution in [1.82, 2.24) is 15.0 Å². The number of nitrogens with zero attached hydrogens (tertiary/aromatic N) is 3. The second kappa shape index (κ2) is 7.94. The minimum atomic E-state index is -0.379. The molecule has 2 aromatic carbocycles. The van der Waals surface area contributed by atoms with Gasteiger partial charge in [-0.1, -0.05) is 11.2 Å². The molecule has 27 heavy (non-hydrogen) atoms. The molecule has 2 amide bonds. The predicted octanol–water partition coefficient (Wildman–Crippen LogP) is 4.03. The van der Waals surface area contributed by atoms with Crippen LogP contribution >= 0.6 is 0 Å². The number of aryl methyl sites for hydroxylation is 1. The maximum absolute atomic E-state index is 13.6. The van der Waals surface area contributed by atoms with Crippen molar-refractivity contribution in [2.24, 2.45) is 0 Å². The zero-order valence-corrected chi connectivity index (χ0v) is 14.9. The van der Waals surface area contributed by atoms with Gasteiger partial charge in [-0.3, -0.25) is 0 Å². The Kier molecular flexibility index (Phi) is 5.44. The highest BCUT2D eigenvalue weighted by Crippen LogP contribution is 2.18. The van der Waals surface area contributed by atoms with E-state index in [4.69, 9.17) is 4.52 Å². The predicted molar refractivity (Wildman–Crippen MR) is 96.2 cm³/mol. The zero-order chi connectivity index (χ0) is 19.4. The summed E-state index contributed by atoms with van der Waals surface area (Å²) in [6.07, 6.45) is 0.372. The van der Waals surface area contributed by atoms with E-state index in [1.807, 2.05) is 0 Å². The number of likely N-dealkylation sites (N-methyl/N-ethyl adjacent to an activating group) is 1. The van der Waals surface area contributed by atoms with Crippen LogP contribution in [0.25, 0.3) is 11.5 Å². The summed E-state index contributed by atoms with van der Waals surface area (Å²) in [6.45, 7) is 1.99. The molecule has 0 saturated heterocycles. The molecule has 0 bridgehead atoms. The SMILES string of the molecule is Cc1ccc(NC(=O)N(C)CCc2noc(-c3ccc(F)cc3)n2)cc1F. The Morgan fingerprint density at radius 1 is 1.19 bits per heavy atom. The summed E-state index contributed by atoms with van der Waals surface area (Å²) in [4.78, 5) is 17.9. The molecule has 0 aliphatic carbocycles. The first-order valence-corrected chi connectivity index (χ1v) is 8.29. The van der Waals surface area contributed by atoms with E-state index in [0.29, 0.717) is 35.6 Å². The highest BCUT2D eigenvalue weighted by molar-refractivity contribution is 5.89. The number of hydrogen-bond donors (Lipinski definition) is 1. The van der Waals surface area contributed by atoms with Crippen LogP contribution in [-0.4, -0.2) is 34.7 Å². The molecule has 140 valence electrons. The summed E-state index contributed by atoms with van der Waals surface area (Å²) >= 11 is 0. The van der Waals surface area contributed by atoms with E-state index in [2.05, 4.69) is 15.5 Å². The first-order chi connectivity index (χ1) is 12.9. The van der Waals surface area contributed by atoms with Crippen molar-refractivity contribution in [2.75, 3.05) is 18.9 Å². The number of amides is 2. The number of rotatable bonds is 5. The van der Waals surface area contributed by atoms with Gasteiger partial charge < -0.3 is 14.7 Å². The lowest BCUT2D eigenvalue weighted by molar-refractivity contribution is 0.222. The topological polar surface area (TPSA) is 71.3 Å². The molecule has 3 aromatic rings. The van der Waals surface area contributed by atoms with E-state index in [0.717, 1.165) is 0 Å². The quantitative estimate of drug-likeness (QED) is 0.734. The molecule has 6 nitrogen and oxygen atoms in total. The van der Waals surface area contributed by atoms with E-state index in [1.54, 1.807) is 38.2 Å². The molecule has 0 radical (unpaired) electrons. The lowest BCUT2D eigenvalue weighted by Crippen LogP contribution is -2.33. The smallest absolute Gasteiger partial charge is 0.321 e. The standard InChI is InChI=1S/C19H18F2N4O2/c1-12-3-8-15(11-16(12)21)22-19(26)25(2)10-9-17-23-18(27-24-17)13-4-6-14(20)7-5-13/h3-8,11H,9-10H2,1-2H3,(H,22,26). The summed E-state index contributed by atoms with van der Waals surface area (Å²) in [5, 5.41) is 6.49. The van der Waals surface area contributed by atoms with Gasteiger partial charge in [-0.25, -0.2) is 13.6 Å². The van der Waals surface area contributed by atoms with Crippen molar-refractivity contribution < 1.29 is 18.1 Å². The molecule has 3 rings (SSSR count). The van der Waals surface area contributed by atoms with Gasteiger partial charge in [-0.15, -0.1) is 0 Å². The van der Waals surface area contributed by atoms with Crippen LogP contribution in [0.5, 0.6) is 0 Å². The normalized spacial score (nSPS) is 10.7. The molecular weight excluding hydrogens is 354 g/mol. The third kappa shape index (κ3) is 4.66. The van der Waals surface area contributed by atoms with Crippen molar-refractivity contribution in [3.63, 3.8) is 0 Å². The van der Waals surface area contributed by atoms with Gasteiger partial charge in [-0.05, 0) is 48.9 Å². The molecule has 1 N–H and O–H groups in total. The molecular formula is C19H18F2N4O2. The highest BCUT2D eigenvalue weighted by Gasteiger charge is 2.13. The number of urea groups is 1. The number of halogens is 2. The largest absolute Gasteiger partial charge is 0.334 e. The van der Waals surface area contributed by atoms with E-state index in [-0.39, 0.29) is 23.6 Å². The van der Waals surface area contributed by atoms with Gasteiger partial charge in [0.2, 0.25) is 0 Å². The molecule has 0 aliphatic heterocycles. The molecule has 1 aromatic heterocycles. The van der Waals surface area contributed by atoms with E-state index >= 15 is 0 Å². The maximum Gasteiger partial charge on any atom is 0.321 e. The van der Waals surface area contributed by atoms with Gasteiger partial charge in [0, 0.05) is 31.3 Å². The maximum atomic E-state index is 13.6. The van der Waals surface area contributed by atoms with Crippen LogP contribution in [-0.2, 0) is 6.42 Å². The van der Waals surface area contributed by atoms with Crippen LogP contribution < -0.4 is 5.32 Å². The molecule has 0 atom stereocenters. The molecule has 0 fully saturated rings. The minimum Gasteiger partial charge on any atom is -0.334 e. The van der Waals surface area contributed by atoms with Gasteiger partial charge in [0.15, 0.2) is 5.82 Å². The summed E-state index contributed by atoms with van der Waals surface area (Å²) in [6, 6.07) is 9.85. The Bertz CT molecular complexity index is 941.